The summed E-state index contributed by atoms with van der Waals surface area (Å²) in [5, 5.41) is 0. The predicted molar refractivity (Wildman–Crippen MR) is 83.6 cm³/mol. The fourth-order valence-corrected chi connectivity index (χ4v) is 2.00. The van der Waals surface area contributed by atoms with Crippen molar-refractivity contribution in [3.63, 3.8) is 0 Å². The average molecular weight is 249 g/mol. The summed E-state index contributed by atoms with van der Waals surface area (Å²) < 4.78 is 0. The van der Waals surface area contributed by atoms with Gasteiger partial charge in [0.2, 0.25) is 0 Å². The monoisotopic (exact) mass is 249 g/mol. The van der Waals surface area contributed by atoms with Crippen LogP contribution < -0.4 is 0 Å². The molecule has 0 aliphatic rings. The lowest BCUT2D eigenvalue weighted by Crippen LogP contribution is -2.03. The molecule has 0 heterocycles. The van der Waals surface area contributed by atoms with Gasteiger partial charge < -0.3 is 4.90 Å². The van der Waals surface area contributed by atoms with E-state index in [1.54, 1.807) is 0 Å². The Morgan fingerprint density at radius 2 is 1.32 bits per heavy atom. The van der Waals surface area contributed by atoms with Crippen molar-refractivity contribution >= 4 is 11.1 Å². The molecule has 2 rings (SSSR count). The van der Waals surface area contributed by atoms with Gasteiger partial charge in [-0.05, 0) is 16.7 Å². The number of allylic oxidation sites excluding steroid dienone is 2. The molecular weight excluding hydrogens is 230 g/mol. The van der Waals surface area contributed by atoms with Crippen LogP contribution in [0.5, 0.6) is 0 Å². The van der Waals surface area contributed by atoms with Gasteiger partial charge in [0.1, 0.15) is 0 Å². The zero-order chi connectivity index (χ0) is 13.7. The second-order valence-corrected chi connectivity index (χ2v) is 4.72. The molecule has 0 spiro atoms. The lowest BCUT2D eigenvalue weighted by molar-refractivity contribution is 0.566. The smallest absolute Gasteiger partial charge is 0.00708 e. The van der Waals surface area contributed by atoms with Gasteiger partial charge in [-0.25, -0.2) is 0 Å². The normalized spacial score (nSPS) is 11.2. The van der Waals surface area contributed by atoms with Crippen molar-refractivity contribution in [1.29, 1.82) is 0 Å². The molecule has 0 aliphatic heterocycles. The van der Waals surface area contributed by atoms with E-state index in [-0.39, 0.29) is 0 Å². The van der Waals surface area contributed by atoms with Gasteiger partial charge in [0.05, 0.1) is 0 Å². The predicted octanol–water partition coefficient (Wildman–Crippen LogP) is 4.30. The van der Waals surface area contributed by atoms with Gasteiger partial charge in [-0.15, -0.1) is 0 Å². The topological polar surface area (TPSA) is 3.24 Å². The van der Waals surface area contributed by atoms with Crippen LogP contribution in [0.25, 0.3) is 11.1 Å². The maximum absolute atomic E-state index is 4.26. The molecule has 1 heteroatoms. The molecule has 2 aromatic carbocycles. The molecule has 1 nitrogen and oxygen atoms in total. The minimum Gasteiger partial charge on any atom is -0.383 e. The average Bonchev–Trinajstić information content (AvgIpc) is 2.46. The Hall–Kier alpha value is -2.28. The van der Waals surface area contributed by atoms with Crippen molar-refractivity contribution in [1.82, 2.24) is 4.90 Å². The molecule has 0 amide bonds. The summed E-state index contributed by atoms with van der Waals surface area (Å²) in [6.45, 7) is 4.26. The molecule has 0 fully saturated rings. The highest BCUT2D eigenvalue weighted by molar-refractivity contribution is 6.03. The van der Waals surface area contributed by atoms with Gasteiger partial charge >= 0.3 is 0 Å². The number of nitrogens with zero attached hydrogens (tertiary/aromatic N) is 1. The number of rotatable bonds is 4. The quantitative estimate of drug-likeness (QED) is 0.730. The first-order valence-corrected chi connectivity index (χ1v) is 6.37. The van der Waals surface area contributed by atoms with Crippen molar-refractivity contribution < 1.29 is 0 Å². The van der Waals surface area contributed by atoms with Crippen molar-refractivity contribution in [2.24, 2.45) is 0 Å². The lowest BCUT2D eigenvalue weighted by atomic mass is 9.94. The fourth-order valence-electron chi connectivity index (χ4n) is 2.00. The third-order valence-electron chi connectivity index (χ3n) is 2.92. The minimum atomic E-state index is 1.04. The lowest BCUT2D eigenvalue weighted by Gasteiger charge is -2.15. The summed E-state index contributed by atoms with van der Waals surface area (Å²) in [6, 6.07) is 20.7. The Morgan fingerprint density at radius 1 is 0.842 bits per heavy atom. The van der Waals surface area contributed by atoms with Gasteiger partial charge in [-0.3, -0.25) is 0 Å². The fraction of sp³-hybridized carbons (Fsp3) is 0.111. The molecule has 0 aliphatic carbocycles. The molecule has 96 valence electrons. The molecular formula is C18H19N. The first-order valence-electron chi connectivity index (χ1n) is 6.37. The minimum absolute atomic E-state index is 1.04. The molecule has 0 saturated carbocycles. The molecule has 0 saturated heterocycles. The molecule has 0 radical (unpaired) electrons. The molecule has 19 heavy (non-hydrogen) atoms. The van der Waals surface area contributed by atoms with E-state index in [9.17, 15) is 0 Å². The summed E-state index contributed by atoms with van der Waals surface area (Å²) >= 11 is 0. The Labute approximate surface area is 115 Å². The van der Waals surface area contributed by atoms with Crippen molar-refractivity contribution in [2.45, 2.75) is 0 Å². The van der Waals surface area contributed by atoms with Crippen LogP contribution in [0, 0.1) is 0 Å². The van der Waals surface area contributed by atoms with E-state index < -0.39 is 0 Å². The van der Waals surface area contributed by atoms with Gasteiger partial charge in [0.15, 0.2) is 0 Å². The molecule has 0 atom stereocenters. The number of hydrogen-bond acceptors (Lipinski definition) is 1. The maximum Gasteiger partial charge on any atom is 0.00708 e. The Morgan fingerprint density at radius 3 is 1.79 bits per heavy atom. The summed E-state index contributed by atoms with van der Waals surface area (Å²) in [5.41, 5.74) is 4.53. The first-order chi connectivity index (χ1) is 9.18. The Bertz CT molecular complexity index is 565. The molecule has 0 N–H and O–H groups in total. The van der Waals surface area contributed by atoms with Crippen LogP contribution in [0.2, 0.25) is 0 Å². The zero-order valence-electron chi connectivity index (χ0n) is 11.5. The van der Waals surface area contributed by atoms with Crippen LogP contribution >= 0.6 is 0 Å². The molecule has 0 bridgehead atoms. The summed E-state index contributed by atoms with van der Waals surface area (Å²) in [5.74, 6) is 0. The molecule has 0 aromatic heterocycles. The van der Waals surface area contributed by atoms with Crippen LogP contribution in [0.3, 0.4) is 0 Å². The first kappa shape index (κ1) is 13.2. The third-order valence-corrected chi connectivity index (χ3v) is 2.92. The second kappa shape index (κ2) is 6.05. The largest absolute Gasteiger partial charge is 0.383 e. The summed E-state index contributed by atoms with van der Waals surface area (Å²) in [6.07, 6.45) is 2.12. The highest BCUT2D eigenvalue weighted by Crippen LogP contribution is 2.29. The number of benzene rings is 2. The Kier molecular flexibility index (Phi) is 4.19. The van der Waals surface area contributed by atoms with E-state index in [1.165, 1.54) is 5.56 Å². The van der Waals surface area contributed by atoms with Crippen LogP contribution in [-0.2, 0) is 0 Å². The highest BCUT2D eigenvalue weighted by atomic mass is 15.0. The highest BCUT2D eigenvalue weighted by Gasteiger charge is 2.08. The molecule has 0 unspecified atom stereocenters. The second-order valence-electron chi connectivity index (χ2n) is 4.72. The van der Waals surface area contributed by atoms with Gasteiger partial charge in [0, 0.05) is 25.9 Å². The van der Waals surface area contributed by atoms with E-state index in [0.717, 1.165) is 16.7 Å². The Balaban J connectivity index is 2.43. The summed E-state index contributed by atoms with van der Waals surface area (Å²) in [4.78, 5) is 2.05. The van der Waals surface area contributed by atoms with Crippen molar-refractivity contribution in [2.75, 3.05) is 14.1 Å². The van der Waals surface area contributed by atoms with E-state index in [4.69, 9.17) is 0 Å². The SMILES string of the molecule is C=C(C(=CN(C)C)c1ccccc1)c1ccccc1. The maximum atomic E-state index is 4.26. The van der Waals surface area contributed by atoms with E-state index in [0.29, 0.717) is 0 Å². The van der Waals surface area contributed by atoms with Gasteiger partial charge in [0.25, 0.3) is 0 Å². The van der Waals surface area contributed by atoms with Crippen LogP contribution in [0.1, 0.15) is 11.1 Å². The number of hydrogen-bond donors (Lipinski definition) is 0. The van der Waals surface area contributed by atoms with E-state index in [2.05, 4.69) is 54.1 Å². The van der Waals surface area contributed by atoms with Gasteiger partial charge in [-0.1, -0.05) is 67.2 Å². The van der Waals surface area contributed by atoms with Gasteiger partial charge in [-0.2, -0.15) is 0 Å². The van der Waals surface area contributed by atoms with Crippen LogP contribution in [0.15, 0.2) is 73.4 Å². The van der Waals surface area contributed by atoms with Crippen molar-refractivity contribution in [3.05, 3.63) is 84.6 Å². The third kappa shape index (κ3) is 3.35. The molecule has 2 aromatic rings. The zero-order valence-corrected chi connectivity index (χ0v) is 11.5. The van der Waals surface area contributed by atoms with E-state index in [1.807, 2.05) is 38.4 Å². The summed E-state index contributed by atoms with van der Waals surface area (Å²) in [7, 11) is 4.06. The van der Waals surface area contributed by atoms with Crippen LogP contribution in [-0.4, -0.2) is 19.0 Å². The standard InChI is InChI=1S/C18H19N/c1-15(16-10-6-4-7-11-16)18(14-19(2)3)17-12-8-5-9-13-17/h4-14H,1H2,2-3H3. The van der Waals surface area contributed by atoms with Crippen LogP contribution in [0.4, 0.5) is 0 Å². The van der Waals surface area contributed by atoms with Crippen molar-refractivity contribution in [3.8, 4) is 0 Å². The van der Waals surface area contributed by atoms with E-state index >= 15 is 0 Å².